The number of carbonyl (C=O) groups is 1. The van der Waals surface area contributed by atoms with E-state index >= 15 is 0 Å². The molecule has 1 aromatic heterocycles. The normalized spacial score (nSPS) is 11.7. The SMILES string of the molecule is COc1cccc(NC(=O)CSc2nnc([C@H](C)Oc3ccccc3Cl)n2C)c1. The van der Waals surface area contributed by atoms with Gasteiger partial charge in [-0.3, -0.25) is 4.79 Å². The van der Waals surface area contributed by atoms with Crippen molar-refractivity contribution >= 4 is 35.0 Å². The number of hydrogen-bond donors (Lipinski definition) is 1. The first-order valence-corrected chi connectivity index (χ1v) is 10.2. The Morgan fingerprint density at radius 1 is 1.24 bits per heavy atom. The summed E-state index contributed by atoms with van der Waals surface area (Å²) in [6.45, 7) is 1.87. The first kappa shape index (κ1) is 21.0. The molecule has 0 saturated carbocycles. The summed E-state index contributed by atoms with van der Waals surface area (Å²) >= 11 is 7.44. The number of hydrogen-bond acceptors (Lipinski definition) is 6. The molecule has 0 aliphatic rings. The van der Waals surface area contributed by atoms with Crippen LogP contribution in [0.5, 0.6) is 11.5 Å². The number of anilines is 1. The van der Waals surface area contributed by atoms with Crippen molar-refractivity contribution in [3.8, 4) is 11.5 Å². The Balaban J connectivity index is 1.59. The number of halogens is 1. The number of carbonyl (C=O) groups excluding carboxylic acids is 1. The summed E-state index contributed by atoms with van der Waals surface area (Å²) in [6.07, 6.45) is -0.354. The average Bonchev–Trinajstić information content (AvgIpc) is 3.09. The second-order valence-electron chi connectivity index (χ2n) is 6.16. The lowest BCUT2D eigenvalue weighted by Crippen LogP contribution is -2.15. The van der Waals surface area contributed by atoms with Crippen molar-refractivity contribution in [3.63, 3.8) is 0 Å². The van der Waals surface area contributed by atoms with Crippen LogP contribution in [0.2, 0.25) is 5.02 Å². The number of amides is 1. The van der Waals surface area contributed by atoms with Crippen LogP contribution in [0.3, 0.4) is 0 Å². The Hall–Kier alpha value is -2.71. The van der Waals surface area contributed by atoms with E-state index in [0.717, 1.165) is 0 Å². The van der Waals surface area contributed by atoms with Gasteiger partial charge in [0.05, 0.1) is 17.9 Å². The number of benzene rings is 2. The summed E-state index contributed by atoms with van der Waals surface area (Å²) in [7, 11) is 3.42. The first-order valence-electron chi connectivity index (χ1n) is 8.85. The van der Waals surface area contributed by atoms with Gasteiger partial charge in [0.25, 0.3) is 0 Å². The Morgan fingerprint density at radius 3 is 2.79 bits per heavy atom. The van der Waals surface area contributed by atoms with Gasteiger partial charge in [0, 0.05) is 18.8 Å². The van der Waals surface area contributed by atoms with Crippen molar-refractivity contribution in [2.75, 3.05) is 18.2 Å². The Morgan fingerprint density at radius 2 is 2.03 bits per heavy atom. The molecule has 29 heavy (non-hydrogen) atoms. The van der Waals surface area contributed by atoms with Crippen LogP contribution in [-0.2, 0) is 11.8 Å². The maximum absolute atomic E-state index is 12.2. The van der Waals surface area contributed by atoms with Gasteiger partial charge in [-0.15, -0.1) is 10.2 Å². The minimum absolute atomic E-state index is 0.145. The number of methoxy groups -OCH3 is 1. The summed E-state index contributed by atoms with van der Waals surface area (Å²) in [4.78, 5) is 12.2. The highest BCUT2D eigenvalue weighted by Gasteiger charge is 2.19. The maximum Gasteiger partial charge on any atom is 0.234 e. The molecule has 1 heterocycles. The molecule has 2 aromatic carbocycles. The van der Waals surface area contributed by atoms with E-state index in [0.29, 0.717) is 33.2 Å². The zero-order chi connectivity index (χ0) is 20.8. The molecule has 0 spiro atoms. The Bertz CT molecular complexity index is 995. The van der Waals surface area contributed by atoms with Gasteiger partial charge in [-0.05, 0) is 31.2 Å². The Labute approximate surface area is 178 Å². The number of thioether (sulfide) groups is 1. The van der Waals surface area contributed by atoms with Gasteiger partial charge < -0.3 is 19.4 Å². The molecule has 0 aliphatic carbocycles. The van der Waals surface area contributed by atoms with Gasteiger partial charge in [0.2, 0.25) is 5.91 Å². The van der Waals surface area contributed by atoms with Crippen molar-refractivity contribution < 1.29 is 14.3 Å². The zero-order valence-corrected chi connectivity index (χ0v) is 17.8. The maximum atomic E-state index is 12.2. The fraction of sp³-hybridized carbons (Fsp3) is 0.250. The van der Waals surface area contributed by atoms with Gasteiger partial charge in [0.1, 0.15) is 11.5 Å². The molecule has 7 nitrogen and oxygen atoms in total. The van der Waals surface area contributed by atoms with Crippen LogP contribution in [-0.4, -0.2) is 33.5 Å². The third-order valence-electron chi connectivity index (χ3n) is 4.06. The van der Waals surface area contributed by atoms with Crippen molar-refractivity contribution in [1.82, 2.24) is 14.8 Å². The monoisotopic (exact) mass is 432 g/mol. The van der Waals surface area contributed by atoms with E-state index in [2.05, 4.69) is 15.5 Å². The van der Waals surface area contributed by atoms with Gasteiger partial charge in [-0.1, -0.05) is 41.6 Å². The van der Waals surface area contributed by atoms with Crippen molar-refractivity contribution in [2.45, 2.75) is 18.2 Å². The molecule has 0 fully saturated rings. The van der Waals surface area contributed by atoms with Crippen molar-refractivity contribution in [2.24, 2.45) is 7.05 Å². The molecule has 0 saturated heterocycles. The molecule has 9 heteroatoms. The van der Waals surface area contributed by atoms with E-state index in [1.54, 1.807) is 31.4 Å². The Kier molecular flexibility index (Phi) is 7.00. The molecule has 3 aromatic rings. The van der Waals surface area contributed by atoms with Gasteiger partial charge >= 0.3 is 0 Å². The fourth-order valence-corrected chi connectivity index (χ4v) is 3.52. The van der Waals surface area contributed by atoms with E-state index in [4.69, 9.17) is 21.1 Å². The van der Waals surface area contributed by atoms with Crippen LogP contribution in [0.15, 0.2) is 53.7 Å². The minimum atomic E-state index is -0.354. The molecular formula is C20H21ClN4O3S. The molecule has 0 bridgehead atoms. The third-order valence-corrected chi connectivity index (χ3v) is 5.39. The van der Waals surface area contributed by atoms with E-state index in [-0.39, 0.29) is 17.8 Å². The molecular weight excluding hydrogens is 412 g/mol. The lowest BCUT2D eigenvalue weighted by atomic mass is 10.3. The predicted octanol–water partition coefficient (Wildman–Crippen LogP) is 4.35. The largest absolute Gasteiger partial charge is 0.497 e. The van der Waals surface area contributed by atoms with E-state index in [1.807, 2.05) is 42.8 Å². The van der Waals surface area contributed by atoms with Crippen molar-refractivity contribution in [3.05, 3.63) is 59.4 Å². The third kappa shape index (κ3) is 5.42. The highest BCUT2D eigenvalue weighted by Crippen LogP contribution is 2.29. The summed E-state index contributed by atoms with van der Waals surface area (Å²) in [5.41, 5.74) is 0.676. The highest BCUT2D eigenvalue weighted by atomic mass is 35.5. The van der Waals surface area contributed by atoms with Gasteiger partial charge in [-0.25, -0.2) is 0 Å². The number of ether oxygens (including phenoxy) is 2. The van der Waals surface area contributed by atoms with Crippen LogP contribution in [0.4, 0.5) is 5.69 Å². The number of nitrogens with one attached hydrogen (secondary N) is 1. The van der Waals surface area contributed by atoms with Gasteiger partial charge in [-0.2, -0.15) is 0 Å². The number of aromatic nitrogens is 3. The summed E-state index contributed by atoms with van der Waals surface area (Å²) in [6, 6.07) is 14.5. The van der Waals surface area contributed by atoms with Crippen LogP contribution in [0.1, 0.15) is 18.9 Å². The highest BCUT2D eigenvalue weighted by molar-refractivity contribution is 7.99. The summed E-state index contributed by atoms with van der Waals surface area (Å²) in [5.74, 6) is 1.95. The predicted molar refractivity (Wildman–Crippen MR) is 114 cm³/mol. The number of rotatable bonds is 8. The fourth-order valence-electron chi connectivity index (χ4n) is 2.62. The first-order chi connectivity index (χ1) is 14.0. The van der Waals surface area contributed by atoms with Crippen molar-refractivity contribution in [1.29, 1.82) is 0 Å². The number of para-hydroxylation sites is 1. The van der Waals surface area contributed by atoms with Crippen LogP contribution < -0.4 is 14.8 Å². The standard InChI is InChI=1S/C20H21ClN4O3S/c1-13(28-17-10-5-4-9-16(17)21)19-23-24-20(25(19)2)29-12-18(26)22-14-7-6-8-15(11-14)27-3/h4-11,13H,12H2,1-3H3,(H,22,26)/t13-/m0/s1. The lowest BCUT2D eigenvalue weighted by Gasteiger charge is -2.15. The molecule has 1 amide bonds. The lowest BCUT2D eigenvalue weighted by molar-refractivity contribution is -0.113. The molecule has 0 radical (unpaired) electrons. The van der Waals surface area contributed by atoms with Crippen LogP contribution in [0.25, 0.3) is 0 Å². The summed E-state index contributed by atoms with van der Waals surface area (Å²) < 4.78 is 12.9. The topological polar surface area (TPSA) is 78.3 Å². The second kappa shape index (κ2) is 9.67. The molecule has 0 aliphatic heterocycles. The quantitative estimate of drug-likeness (QED) is 0.533. The molecule has 1 N–H and O–H groups in total. The van der Waals surface area contributed by atoms with Crippen LogP contribution in [0, 0.1) is 0 Å². The average molecular weight is 433 g/mol. The smallest absolute Gasteiger partial charge is 0.234 e. The van der Waals surface area contributed by atoms with Gasteiger partial charge in [0.15, 0.2) is 17.1 Å². The number of nitrogens with zero attached hydrogens (tertiary/aromatic N) is 3. The molecule has 1 atom stereocenters. The second-order valence-corrected chi connectivity index (χ2v) is 7.51. The van der Waals surface area contributed by atoms with E-state index in [1.165, 1.54) is 11.8 Å². The van der Waals surface area contributed by atoms with E-state index in [9.17, 15) is 4.79 Å². The molecule has 0 unspecified atom stereocenters. The zero-order valence-electron chi connectivity index (χ0n) is 16.3. The van der Waals surface area contributed by atoms with E-state index < -0.39 is 0 Å². The minimum Gasteiger partial charge on any atom is -0.497 e. The molecule has 3 rings (SSSR count). The summed E-state index contributed by atoms with van der Waals surface area (Å²) in [5, 5.41) is 12.4. The van der Waals surface area contributed by atoms with Crippen LogP contribution >= 0.6 is 23.4 Å². The molecule has 152 valence electrons.